The normalized spacial score (nSPS) is 21.0. The van der Waals surface area contributed by atoms with E-state index in [0.29, 0.717) is 26.3 Å². The maximum Gasteiger partial charge on any atom is 0.243 e. The third-order valence-electron chi connectivity index (χ3n) is 6.06. The maximum absolute atomic E-state index is 13.4. The van der Waals surface area contributed by atoms with Crippen LogP contribution in [0.4, 0.5) is 0 Å². The summed E-state index contributed by atoms with van der Waals surface area (Å²) in [6, 6.07) is 5.83. The van der Waals surface area contributed by atoms with Crippen LogP contribution in [0.15, 0.2) is 29.2 Å². The van der Waals surface area contributed by atoms with Gasteiger partial charge >= 0.3 is 0 Å². The van der Waals surface area contributed by atoms with Gasteiger partial charge in [0.05, 0.1) is 18.1 Å². The van der Waals surface area contributed by atoms with Crippen LogP contribution in [-0.4, -0.2) is 99.4 Å². The summed E-state index contributed by atoms with van der Waals surface area (Å²) in [5, 5.41) is 2.87. The Bertz CT molecular complexity index is 897. The fourth-order valence-electron chi connectivity index (χ4n) is 3.99. The highest BCUT2D eigenvalue weighted by molar-refractivity contribution is 7.89. The molecule has 2 fully saturated rings. The van der Waals surface area contributed by atoms with Gasteiger partial charge in [0.25, 0.3) is 0 Å². The van der Waals surface area contributed by atoms with Gasteiger partial charge in [-0.1, -0.05) is 26.0 Å². The highest BCUT2D eigenvalue weighted by Crippen LogP contribution is 2.24. The first-order valence-electron chi connectivity index (χ1n) is 11.2. The van der Waals surface area contributed by atoms with Crippen LogP contribution in [0.5, 0.6) is 0 Å². The first-order chi connectivity index (χ1) is 15.2. The summed E-state index contributed by atoms with van der Waals surface area (Å²) in [6.45, 7) is 9.94. The molecule has 0 radical (unpaired) electrons. The zero-order valence-corrected chi connectivity index (χ0v) is 19.9. The fourth-order valence-corrected chi connectivity index (χ4v) is 5.56. The van der Waals surface area contributed by atoms with Crippen LogP contribution >= 0.6 is 0 Å². The van der Waals surface area contributed by atoms with Gasteiger partial charge in [0.1, 0.15) is 6.04 Å². The quantitative estimate of drug-likeness (QED) is 0.628. The Kier molecular flexibility index (Phi) is 8.26. The Morgan fingerprint density at radius 1 is 1.09 bits per heavy atom. The third kappa shape index (κ3) is 5.86. The highest BCUT2D eigenvalue weighted by atomic mass is 32.2. The van der Waals surface area contributed by atoms with Crippen molar-refractivity contribution in [3.63, 3.8) is 0 Å². The first kappa shape index (κ1) is 24.6. The van der Waals surface area contributed by atoms with Crippen molar-refractivity contribution in [3.05, 3.63) is 29.8 Å². The van der Waals surface area contributed by atoms with E-state index in [1.165, 1.54) is 16.1 Å². The molecule has 0 saturated carbocycles. The Morgan fingerprint density at radius 3 is 2.34 bits per heavy atom. The van der Waals surface area contributed by atoms with E-state index < -0.39 is 16.1 Å². The standard InChI is InChI=1S/C22H34N4O5S/c1-17(2)19-4-6-20(7-5-19)32(29,30)26-11-10-25(18(3)27)16-21(26)22(28)23-8-9-24-12-14-31-15-13-24/h4-7,17,21H,8-16H2,1-3H3,(H,23,28)/t21-/m1/s1. The summed E-state index contributed by atoms with van der Waals surface area (Å²) in [5.74, 6) is -0.267. The molecule has 0 bridgehead atoms. The van der Waals surface area contributed by atoms with Crippen molar-refractivity contribution in [1.29, 1.82) is 0 Å². The van der Waals surface area contributed by atoms with Crippen molar-refractivity contribution in [2.45, 2.75) is 37.6 Å². The molecule has 1 aromatic carbocycles. The summed E-state index contributed by atoms with van der Waals surface area (Å²) in [7, 11) is -3.89. The van der Waals surface area contributed by atoms with Crippen LogP contribution < -0.4 is 5.32 Å². The van der Waals surface area contributed by atoms with E-state index in [2.05, 4.69) is 10.2 Å². The second-order valence-electron chi connectivity index (χ2n) is 8.57. The number of nitrogens with one attached hydrogen (secondary N) is 1. The minimum atomic E-state index is -3.89. The van der Waals surface area contributed by atoms with Crippen molar-refractivity contribution in [3.8, 4) is 0 Å². The number of piperazine rings is 1. The minimum absolute atomic E-state index is 0.0437. The lowest BCUT2D eigenvalue weighted by Gasteiger charge is -2.39. The van der Waals surface area contributed by atoms with Crippen molar-refractivity contribution < 1.29 is 22.7 Å². The van der Waals surface area contributed by atoms with Gasteiger partial charge in [-0.05, 0) is 23.6 Å². The second-order valence-corrected chi connectivity index (χ2v) is 10.5. The molecule has 178 valence electrons. The summed E-state index contributed by atoms with van der Waals surface area (Å²) < 4.78 is 33.4. The van der Waals surface area contributed by atoms with E-state index in [-0.39, 0.29) is 42.3 Å². The lowest BCUT2D eigenvalue weighted by molar-refractivity contribution is -0.134. The molecule has 1 aromatic rings. The molecular weight excluding hydrogens is 432 g/mol. The predicted molar refractivity (Wildman–Crippen MR) is 121 cm³/mol. The zero-order valence-electron chi connectivity index (χ0n) is 19.1. The van der Waals surface area contributed by atoms with Crippen LogP contribution in [-0.2, 0) is 24.3 Å². The number of nitrogens with zero attached hydrogens (tertiary/aromatic N) is 3. The van der Waals surface area contributed by atoms with Crippen LogP contribution in [0.25, 0.3) is 0 Å². The van der Waals surface area contributed by atoms with Crippen LogP contribution in [0, 0.1) is 0 Å². The summed E-state index contributed by atoms with van der Waals surface area (Å²) >= 11 is 0. The molecule has 32 heavy (non-hydrogen) atoms. The van der Waals surface area contributed by atoms with Crippen LogP contribution in [0.2, 0.25) is 0 Å². The third-order valence-corrected chi connectivity index (χ3v) is 7.99. The molecule has 2 aliphatic rings. The molecule has 2 aliphatic heterocycles. The fraction of sp³-hybridized carbons (Fsp3) is 0.636. The Labute approximate surface area is 190 Å². The number of ether oxygens (including phenoxy) is 1. The molecular formula is C22H34N4O5S. The number of hydrogen-bond acceptors (Lipinski definition) is 6. The maximum atomic E-state index is 13.4. The lowest BCUT2D eigenvalue weighted by Crippen LogP contribution is -2.61. The van der Waals surface area contributed by atoms with Crippen molar-refractivity contribution in [2.75, 3.05) is 59.0 Å². The number of carbonyl (C=O) groups is 2. The van der Waals surface area contributed by atoms with E-state index in [9.17, 15) is 18.0 Å². The van der Waals surface area contributed by atoms with Gasteiger partial charge in [0.15, 0.2) is 0 Å². The van der Waals surface area contributed by atoms with E-state index in [4.69, 9.17) is 4.74 Å². The molecule has 2 heterocycles. The molecule has 1 atom stereocenters. The molecule has 2 amide bonds. The average molecular weight is 467 g/mol. The summed E-state index contributed by atoms with van der Waals surface area (Å²) in [5.41, 5.74) is 1.04. The summed E-state index contributed by atoms with van der Waals surface area (Å²) in [6.07, 6.45) is 0. The van der Waals surface area contributed by atoms with E-state index in [0.717, 1.165) is 18.7 Å². The van der Waals surface area contributed by atoms with Crippen molar-refractivity contribution >= 4 is 21.8 Å². The van der Waals surface area contributed by atoms with Gasteiger partial charge in [-0.3, -0.25) is 14.5 Å². The molecule has 3 rings (SSSR count). The average Bonchev–Trinajstić information content (AvgIpc) is 2.79. The molecule has 0 spiro atoms. The molecule has 0 aliphatic carbocycles. The number of sulfonamides is 1. The molecule has 0 aromatic heterocycles. The van der Waals surface area contributed by atoms with Crippen molar-refractivity contribution in [2.24, 2.45) is 0 Å². The monoisotopic (exact) mass is 466 g/mol. The zero-order chi connectivity index (χ0) is 23.3. The SMILES string of the molecule is CC(=O)N1CCN(S(=O)(=O)c2ccc(C(C)C)cc2)[C@@H](C(=O)NCCN2CCOCC2)C1. The smallest absolute Gasteiger partial charge is 0.243 e. The molecule has 0 unspecified atom stereocenters. The minimum Gasteiger partial charge on any atom is -0.379 e. The highest BCUT2D eigenvalue weighted by Gasteiger charge is 2.40. The summed E-state index contributed by atoms with van der Waals surface area (Å²) in [4.78, 5) is 28.8. The number of amides is 2. The van der Waals surface area contributed by atoms with Gasteiger partial charge in [0.2, 0.25) is 21.8 Å². The largest absolute Gasteiger partial charge is 0.379 e. The topological polar surface area (TPSA) is 99.3 Å². The predicted octanol–water partition coefficient (Wildman–Crippen LogP) is 0.480. The van der Waals surface area contributed by atoms with Gasteiger partial charge in [-0.15, -0.1) is 0 Å². The van der Waals surface area contributed by atoms with E-state index >= 15 is 0 Å². The Morgan fingerprint density at radius 2 is 1.75 bits per heavy atom. The van der Waals surface area contributed by atoms with Crippen molar-refractivity contribution in [1.82, 2.24) is 19.4 Å². The molecule has 2 saturated heterocycles. The van der Waals surface area contributed by atoms with Crippen LogP contribution in [0.3, 0.4) is 0 Å². The molecule has 1 N–H and O–H groups in total. The van der Waals surface area contributed by atoms with E-state index in [1.54, 1.807) is 24.3 Å². The van der Waals surface area contributed by atoms with Gasteiger partial charge < -0.3 is 15.0 Å². The number of carbonyl (C=O) groups excluding carboxylic acids is 2. The first-order valence-corrected chi connectivity index (χ1v) is 12.6. The Balaban J connectivity index is 1.74. The lowest BCUT2D eigenvalue weighted by atomic mass is 10.0. The van der Waals surface area contributed by atoms with Gasteiger partial charge in [-0.25, -0.2) is 8.42 Å². The Hall–Kier alpha value is -2.01. The van der Waals surface area contributed by atoms with Gasteiger partial charge in [-0.2, -0.15) is 4.31 Å². The number of morpholine rings is 1. The number of rotatable bonds is 7. The van der Waals surface area contributed by atoms with Gasteiger partial charge in [0, 0.05) is 52.7 Å². The molecule has 9 nitrogen and oxygen atoms in total. The number of hydrogen-bond donors (Lipinski definition) is 1. The van der Waals surface area contributed by atoms with E-state index in [1.807, 2.05) is 13.8 Å². The van der Waals surface area contributed by atoms with Crippen LogP contribution in [0.1, 0.15) is 32.3 Å². The molecule has 10 heteroatoms. The number of benzene rings is 1. The second kappa shape index (κ2) is 10.7.